The van der Waals surface area contributed by atoms with Crippen LogP contribution >= 0.6 is 0 Å². The lowest BCUT2D eigenvalue weighted by Crippen LogP contribution is -2.46. The fraction of sp³-hybridized carbons (Fsp3) is 0.867. The average Bonchev–Trinajstić information content (AvgIpc) is 3.12. The number of ether oxygens (including phenoxy) is 4. The summed E-state index contributed by atoms with van der Waals surface area (Å²) in [5.74, 6) is -7.00. The maximum atomic E-state index is 13.1. The molecule has 4 aliphatic rings. The molecule has 2 saturated carbocycles. The highest BCUT2D eigenvalue weighted by atomic mass is 32.2. The molecule has 8 unspecified atom stereocenters. The second kappa shape index (κ2) is 6.54. The molecule has 2 heterocycles. The molecule has 2 aliphatic carbocycles. The van der Waals surface area contributed by atoms with E-state index in [0.29, 0.717) is 13.0 Å². The van der Waals surface area contributed by atoms with Crippen molar-refractivity contribution in [2.75, 3.05) is 19.0 Å². The number of carbonyl (C=O) groups excluding carboxylic acids is 2. The number of alkyl halides is 3. The van der Waals surface area contributed by atoms with Gasteiger partial charge in [0, 0.05) is 11.8 Å². The second-order valence-corrected chi connectivity index (χ2v) is 8.98. The van der Waals surface area contributed by atoms with Gasteiger partial charge in [0.15, 0.2) is 0 Å². The first kappa shape index (κ1) is 19.9. The molecule has 0 aromatic heterocycles. The zero-order valence-electron chi connectivity index (χ0n) is 14.2. The summed E-state index contributed by atoms with van der Waals surface area (Å²) in [5.41, 5.74) is 0. The van der Waals surface area contributed by atoms with Gasteiger partial charge in [0.25, 0.3) is 10.1 Å². The predicted molar refractivity (Wildman–Crippen MR) is 80.3 cm³/mol. The van der Waals surface area contributed by atoms with Crippen LogP contribution in [0.3, 0.4) is 0 Å². The van der Waals surface area contributed by atoms with Crippen LogP contribution in [0.25, 0.3) is 0 Å². The van der Waals surface area contributed by atoms with Gasteiger partial charge < -0.3 is 18.9 Å². The van der Waals surface area contributed by atoms with E-state index in [-0.39, 0.29) is 18.6 Å². The zero-order chi connectivity index (χ0) is 20.4. The van der Waals surface area contributed by atoms with Crippen molar-refractivity contribution in [2.45, 2.75) is 37.0 Å². The highest BCUT2D eigenvalue weighted by Gasteiger charge is 2.69. The summed E-state index contributed by atoms with van der Waals surface area (Å²) in [4.78, 5) is 24.7. The molecule has 4 rings (SSSR count). The van der Waals surface area contributed by atoms with E-state index in [1.165, 1.54) is 0 Å². The van der Waals surface area contributed by atoms with Crippen molar-refractivity contribution in [3.8, 4) is 0 Å². The molecule has 0 spiro atoms. The van der Waals surface area contributed by atoms with Gasteiger partial charge in [-0.2, -0.15) is 21.6 Å². The lowest BCUT2D eigenvalue weighted by Gasteiger charge is -2.31. The summed E-state index contributed by atoms with van der Waals surface area (Å²) in [6.45, 7) is 0.727. The van der Waals surface area contributed by atoms with Crippen LogP contribution in [-0.2, 0) is 38.7 Å². The zero-order valence-corrected chi connectivity index (χ0v) is 15.0. The first-order valence-electron chi connectivity index (χ1n) is 8.62. The molecule has 4 fully saturated rings. The Labute approximate surface area is 157 Å². The molecule has 2 bridgehead atoms. The van der Waals surface area contributed by atoms with Gasteiger partial charge in [-0.3, -0.25) is 14.1 Å². The Hall–Kier alpha value is -1.44. The maximum absolute atomic E-state index is 13.1. The number of esters is 2. The van der Waals surface area contributed by atoms with E-state index in [1.807, 2.05) is 0 Å². The Bertz CT molecular complexity index is 778. The summed E-state index contributed by atoms with van der Waals surface area (Å²) in [5, 5.41) is 0. The Morgan fingerprint density at radius 2 is 2.00 bits per heavy atom. The van der Waals surface area contributed by atoms with E-state index in [9.17, 15) is 31.2 Å². The molecule has 0 aromatic carbocycles. The van der Waals surface area contributed by atoms with E-state index in [2.05, 4.69) is 4.74 Å². The number of epoxide rings is 1. The third kappa shape index (κ3) is 3.60. The Kier molecular flexibility index (Phi) is 4.64. The second-order valence-electron chi connectivity index (χ2n) is 7.49. The molecule has 2 saturated heterocycles. The average molecular weight is 430 g/mol. The molecule has 0 radical (unpaired) electrons. The minimum atomic E-state index is -5.21. The highest BCUT2D eigenvalue weighted by Crippen LogP contribution is 2.59. The molecule has 28 heavy (non-hydrogen) atoms. The van der Waals surface area contributed by atoms with Crippen LogP contribution in [0.1, 0.15) is 6.42 Å². The van der Waals surface area contributed by atoms with Crippen LogP contribution in [0.15, 0.2) is 0 Å². The van der Waals surface area contributed by atoms with E-state index in [1.54, 1.807) is 0 Å². The summed E-state index contributed by atoms with van der Waals surface area (Å²) in [7, 11) is -5.06. The highest BCUT2D eigenvalue weighted by molar-refractivity contribution is 7.85. The van der Waals surface area contributed by atoms with Gasteiger partial charge in [-0.15, -0.1) is 0 Å². The van der Waals surface area contributed by atoms with Crippen molar-refractivity contribution >= 4 is 22.1 Å². The first-order valence-corrected chi connectivity index (χ1v) is 10.2. The van der Waals surface area contributed by atoms with Crippen molar-refractivity contribution in [1.29, 1.82) is 0 Å². The maximum Gasteiger partial charge on any atom is 0.426 e. The monoisotopic (exact) mass is 430 g/mol. The van der Waals surface area contributed by atoms with Gasteiger partial charge >= 0.3 is 18.1 Å². The number of hydrogen-bond donors (Lipinski definition) is 1. The van der Waals surface area contributed by atoms with Gasteiger partial charge in [-0.1, -0.05) is 0 Å². The molecule has 9 nitrogen and oxygen atoms in total. The van der Waals surface area contributed by atoms with Crippen molar-refractivity contribution in [3.05, 3.63) is 0 Å². The van der Waals surface area contributed by atoms with E-state index >= 15 is 0 Å². The lowest BCUT2D eigenvalue weighted by molar-refractivity contribution is -0.220. The molecule has 1 N–H and O–H groups in total. The first-order chi connectivity index (χ1) is 13.0. The molecule has 2 aliphatic heterocycles. The minimum Gasteiger partial charge on any atom is -0.459 e. The fourth-order valence-electron chi connectivity index (χ4n) is 4.52. The van der Waals surface area contributed by atoms with Crippen molar-refractivity contribution in [2.24, 2.45) is 23.7 Å². The van der Waals surface area contributed by atoms with Gasteiger partial charge in [-0.25, -0.2) is 0 Å². The van der Waals surface area contributed by atoms with E-state index in [0.717, 1.165) is 0 Å². The molecular formula is C15H17F3O9S. The molecule has 13 heteroatoms. The van der Waals surface area contributed by atoms with Crippen LogP contribution in [-0.4, -0.2) is 74.5 Å². The Morgan fingerprint density at radius 1 is 1.32 bits per heavy atom. The van der Waals surface area contributed by atoms with Crippen LogP contribution in [0.4, 0.5) is 13.2 Å². The number of carbonyl (C=O) groups is 2. The predicted octanol–water partition coefficient (Wildman–Crippen LogP) is -0.0602. The van der Waals surface area contributed by atoms with Crippen LogP contribution in [0, 0.1) is 23.7 Å². The van der Waals surface area contributed by atoms with E-state index < -0.39 is 70.1 Å². The van der Waals surface area contributed by atoms with Crippen molar-refractivity contribution in [3.63, 3.8) is 0 Å². The molecule has 158 valence electrons. The number of halogens is 3. The Balaban J connectivity index is 1.51. The fourth-order valence-corrected chi connectivity index (χ4v) is 5.16. The van der Waals surface area contributed by atoms with Gasteiger partial charge in [0.05, 0.1) is 31.2 Å². The Morgan fingerprint density at radius 3 is 2.57 bits per heavy atom. The molecule has 0 amide bonds. The van der Waals surface area contributed by atoms with Crippen molar-refractivity contribution < 1.29 is 54.7 Å². The molecule has 0 aromatic rings. The molecular weight excluding hydrogens is 413 g/mol. The number of hydrogen-bond acceptors (Lipinski definition) is 8. The number of fused-ring (bicyclic) bond motifs is 1. The lowest BCUT2D eigenvalue weighted by atomic mass is 9.78. The van der Waals surface area contributed by atoms with Gasteiger partial charge in [-0.05, 0) is 6.42 Å². The third-order valence-corrected chi connectivity index (χ3v) is 6.40. The SMILES string of the molecule is O=C(OC(CS(=O)(=O)O)C(F)(F)F)C1C2CC3C(OC(=O)C31)C2OCC1CO1. The van der Waals surface area contributed by atoms with Crippen LogP contribution in [0.2, 0.25) is 0 Å². The topological polar surface area (TPSA) is 129 Å². The number of rotatable bonds is 7. The normalized spacial score (nSPS) is 39.7. The van der Waals surface area contributed by atoms with Gasteiger partial charge in [0.2, 0.25) is 6.10 Å². The van der Waals surface area contributed by atoms with E-state index in [4.69, 9.17) is 18.8 Å². The standard InChI is InChI=1S/C15H17F3O9S/c16-15(17,18)8(4-28(21,22)23)26-13(19)9-6-1-7-10(9)14(20)27-12(7)11(6)25-3-5-2-24-5/h5-12H,1-4H2,(H,21,22,23). The largest absolute Gasteiger partial charge is 0.459 e. The van der Waals surface area contributed by atoms with Gasteiger partial charge in [0.1, 0.15) is 18.0 Å². The summed E-state index contributed by atoms with van der Waals surface area (Å²) >= 11 is 0. The third-order valence-electron chi connectivity index (χ3n) is 5.68. The summed E-state index contributed by atoms with van der Waals surface area (Å²) in [6.07, 6.45) is -9.22. The van der Waals surface area contributed by atoms with Crippen LogP contribution < -0.4 is 0 Å². The summed E-state index contributed by atoms with van der Waals surface area (Å²) < 4.78 is 90.1. The quantitative estimate of drug-likeness (QED) is 0.335. The van der Waals surface area contributed by atoms with Crippen LogP contribution in [0.5, 0.6) is 0 Å². The smallest absolute Gasteiger partial charge is 0.426 e. The minimum absolute atomic E-state index is 0.0956. The molecule has 8 atom stereocenters. The van der Waals surface area contributed by atoms with Crippen molar-refractivity contribution in [1.82, 2.24) is 0 Å². The summed E-state index contributed by atoms with van der Waals surface area (Å²) in [6, 6.07) is 0.